The summed E-state index contributed by atoms with van der Waals surface area (Å²) in [6, 6.07) is 7.27. The molecule has 1 aliphatic heterocycles. The van der Waals surface area contributed by atoms with Crippen LogP contribution in [0, 0.1) is 0 Å². The lowest BCUT2D eigenvalue weighted by Crippen LogP contribution is -2.24. The van der Waals surface area contributed by atoms with Crippen molar-refractivity contribution >= 4 is 40.7 Å². The van der Waals surface area contributed by atoms with Crippen LogP contribution in [-0.2, 0) is 4.79 Å². The number of thioether (sulfide) groups is 1. The number of hydrogen-bond donors (Lipinski definition) is 1. The highest BCUT2D eigenvalue weighted by atomic mass is 35.5. The van der Waals surface area contributed by atoms with Crippen molar-refractivity contribution in [3.8, 4) is 0 Å². The molecule has 18 heavy (non-hydrogen) atoms. The number of carbonyl (C=O) groups is 1. The van der Waals surface area contributed by atoms with Gasteiger partial charge in [-0.15, -0.1) is 5.10 Å². The number of amides is 1. The highest BCUT2D eigenvalue weighted by Crippen LogP contribution is 2.21. The van der Waals surface area contributed by atoms with Crippen molar-refractivity contribution in [1.82, 2.24) is 5.32 Å². The fourth-order valence-electron chi connectivity index (χ4n) is 1.42. The van der Waals surface area contributed by atoms with Gasteiger partial charge in [0.25, 0.3) is 0 Å². The smallest absolute Gasteiger partial charge is 0.239 e. The van der Waals surface area contributed by atoms with E-state index in [0.717, 1.165) is 12.0 Å². The maximum Gasteiger partial charge on any atom is 0.239 e. The summed E-state index contributed by atoms with van der Waals surface area (Å²) in [6.45, 7) is 1.97. The van der Waals surface area contributed by atoms with E-state index in [4.69, 9.17) is 11.6 Å². The summed E-state index contributed by atoms with van der Waals surface area (Å²) in [4.78, 5) is 11.4. The second-order valence-corrected chi connectivity index (χ2v) is 5.33. The topological polar surface area (TPSA) is 53.8 Å². The van der Waals surface area contributed by atoms with Gasteiger partial charge in [0, 0.05) is 5.02 Å². The van der Waals surface area contributed by atoms with Gasteiger partial charge in [0.2, 0.25) is 5.91 Å². The average molecular weight is 282 g/mol. The Hall–Kier alpha value is -1.33. The molecule has 0 unspecified atom stereocenters. The van der Waals surface area contributed by atoms with Crippen LogP contribution >= 0.6 is 23.4 Å². The van der Waals surface area contributed by atoms with Crippen molar-refractivity contribution < 1.29 is 4.79 Å². The molecule has 1 saturated heterocycles. The Balaban J connectivity index is 1.99. The molecule has 1 heterocycles. The largest absolute Gasteiger partial charge is 0.303 e. The number of carbonyl (C=O) groups excluding carboxylic acids is 1. The van der Waals surface area contributed by atoms with Crippen LogP contribution in [0.5, 0.6) is 0 Å². The van der Waals surface area contributed by atoms with Gasteiger partial charge in [-0.25, -0.2) is 0 Å². The van der Waals surface area contributed by atoms with Crippen LogP contribution in [0.1, 0.15) is 18.9 Å². The standard InChI is InChI=1S/C12H12ClN3OS/c1-2-10-11(17)15-12(18-10)16-14-7-8-3-5-9(13)6-4-8/h3-7,10H,2H2,1H3,(H,15,16,17)/b14-7-/t10-/m0/s1. The van der Waals surface area contributed by atoms with Crippen molar-refractivity contribution in [3.63, 3.8) is 0 Å². The van der Waals surface area contributed by atoms with E-state index in [1.54, 1.807) is 18.3 Å². The van der Waals surface area contributed by atoms with Gasteiger partial charge in [-0.1, -0.05) is 42.4 Å². The number of rotatable bonds is 3. The van der Waals surface area contributed by atoms with Crippen LogP contribution in [0.3, 0.4) is 0 Å². The molecule has 94 valence electrons. The van der Waals surface area contributed by atoms with Crippen LogP contribution in [-0.4, -0.2) is 22.5 Å². The van der Waals surface area contributed by atoms with Crippen molar-refractivity contribution in [3.05, 3.63) is 34.9 Å². The molecule has 0 spiro atoms. The third-order valence-electron chi connectivity index (χ3n) is 2.37. The first-order chi connectivity index (χ1) is 8.69. The summed E-state index contributed by atoms with van der Waals surface area (Å²) in [5.74, 6) is 0.00272. The van der Waals surface area contributed by atoms with E-state index >= 15 is 0 Å². The molecule has 1 aliphatic rings. The van der Waals surface area contributed by atoms with Crippen molar-refractivity contribution in [2.24, 2.45) is 10.2 Å². The highest BCUT2D eigenvalue weighted by molar-refractivity contribution is 8.15. The zero-order chi connectivity index (χ0) is 13.0. The van der Waals surface area contributed by atoms with Crippen molar-refractivity contribution in [2.45, 2.75) is 18.6 Å². The molecule has 1 aromatic carbocycles. The van der Waals surface area contributed by atoms with Crippen LogP contribution in [0.2, 0.25) is 5.02 Å². The van der Waals surface area contributed by atoms with Gasteiger partial charge in [0.05, 0.1) is 11.5 Å². The lowest BCUT2D eigenvalue weighted by atomic mass is 10.2. The third-order valence-corrected chi connectivity index (χ3v) is 3.86. The normalized spacial score (nSPS) is 21.8. The molecule has 4 nitrogen and oxygen atoms in total. The summed E-state index contributed by atoms with van der Waals surface area (Å²) in [7, 11) is 0. The zero-order valence-corrected chi connectivity index (χ0v) is 11.3. The first-order valence-electron chi connectivity index (χ1n) is 5.53. The average Bonchev–Trinajstić information content (AvgIpc) is 2.72. The molecule has 2 rings (SSSR count). The maximum atomic E-state index is 11.4. The van der Waals surface area contributed by atoms with E-state index in [1.807, 2.05) is 19.1 Å². The SMILES string of the molecule is CC[C@@H]1S/C(=N\N=C/c2ccc(Cl)cc2)NC1=O. The Morgan fingerprint density at radius 2 is 2.17 bits per heavy atom. The lowest BCUT2D eigenvalue weighted by molar-refractivity contribution is -0.118. The van der Waals surface area contributed by atoms with Gasteiger partial charge < -0.3 is 5.32 Å². The molecule has 0 aliphatic carbocycles. The van der Waals surface area contributed by atoms with Crippen LogP contribution in [0.4, 0.5) is 0 Å². The minimum absolute atomic E-state index is 0.00272. The molecule has 1 atom stereocenters. The van der Waals surface area contributed by atoms with Crippen LogP contribution in [0.25, 0.3) is 0 Å². The lowest BCUT2D eigenvalue weighted by Gasteiger charge is -1.95. The Labute approximate surface area is 115 Å². The minimum atomic E-state index is -0.0468. The molecule has 1 fully saturated rings. The summed E-state index contributed by atoms with van der Waals surface area (Å²) in [5.41, 5.74) is 0.908. The van der Waals surface area contributed by atoms with E-state index in [9.17, 15) is 4.79 Å². The quantitative estimate of drug-likeness (QED) is 0.684. The van der Waals surface area contributed by atoms with E-state index in [0.29, 0.717) is 10.2 Å². The molecular formula is C12H12ClN3OS. The van der Waals surface area contributed by atoms with E-state index < -0.39 is 0 Å². The van der Waals surface area contributed by atoms with Gasteiger partial charge in [-0.3, -0.25) is 4.79 Å². The summed E-state index contributed by atoms with van der Waals surface area (Å²) in [5, 5.41) is 11.8. The van der Waals surface area contributed by atoms with Crippen LogP contribution in [0.15, 0.2) is 34.5 Å². The Bertz CT molecular complexity index is 499. The molecule has 0 aromatic heterocycles. The Morgan fingerprint density at radius 3 is 2.78 bits per heavy atom. The summed E-state index contributed by atoms with van der Waals surface area (Å²) in [6.07, 6.45) is 2.41. The Kier molecular flexibility index (Phi) is 4.38. The predicted octanol–water partition coefficient (Wildman–Crippen LogP) is 2.67. The number of benzene rings is 1. The second-order valence-electron chi connectivity index (χ2n) is 3.71. The van der Waals surface area contributed by atoms with Gasteiger partial charge in [-0.2, -0.15) is 5.10 Å². The number of halogens is 1. The molecule has 0 bridgehead atoms. The monoisotopic (exact) mass is 281 g/mol. The highest BCUT2D eigenvalue weighted by Gasteiger charge is 2.28. The van der Waals surface area contributed by atoms with E-state index in [2.05, 4.69) is 15.5 Å². The molecule has 1 amide bonds. The number of amidine groups is 1. The fraction of sp³-hybridized carbons (Fsp3) is 0.250. The fourth-order valence-corrected chi connectivity index (χ4v) is 2.40. The predicted molar refractivity (Wildman–Crippen MR) is 76.3 cm³/mol. The van der Waals surface area contributed by atoms with Crippen molar-refractivity contribution in [2.75, 3.05) is 0 Å². The molecule has 0 saturated carbocycles. The minimum Gasteiger partial charge on any atom is -0.303 e. The van der Waals surface area contributed by atoms with Crippen molar-refractivity contribution in [1.29, 1.82) is 0 Å². The zero-order valence-electron chi connectivity index (χ0n) is 9.76. The van der Waals surface area contributed by atoms with Gasteiger partial charge in [-0.05, 0) is 24.1 Å². The van der Waals surface area contributed by atoms with Crippen LogP contribution < -0.4 is 5.32 Å². The second kappa shape index (κ2) is 6.02. The molecule has 6 heteroatoms. The summed E-state index contributed by atoms with van der Waals surface area (Å²) < 4.78 is 0. The molecule has 0 radical (unpaired) electrons. The van der Waals surface area contributed by atoms with Gasteiger partial charge in [0.15, 0.2) is 5.17 Å². The molecule has 1 aromatic rings. The first-order valence-corrected chi connectivity index (χ1v) is 6.79. The van der Waals surface area contributed by atoms with Gasteiger partial charge >= 0.3 is 0 Å². The van der Waals surface area contributed by atoms with Gasteiger partial charge in [0.1, 0.15) is 0 Å². The number of nitrogens with zero attached hydrogens (tertiary/aromatic N) is 2. The Morgan fingerprint density at radius 1 is 1.44 bits per heavy atom. The first kappa shape index (κ1) is 13.1. The number of hydrogen-bond acceptors (Lipinski definition) is 4. The molecular weight excluding hydrogens is 270 g/mol. The summed E-state index contributed by atoms with van der Waals surface area (Å²) >= 11 is 7.19. The maximum absolute atomic E-state index is 11.4. The molecule has 1 N–H and O–H groups in total. The van der Waals surface area contributed by atoms with E-state index in [1.165, 1.54) is 11.8 Å². The van der Waals surface area contributed by atoms with E-state index in [-0.39, 0.29) is 11.2 Å². The number of nitrogens with one attached hydrogen (secondary N) is 1. The third kappa shape index (κ3) is 3.34.